The van der Waals surface area contributed by atoms with Gasteiger partial charge in [-0.15, -0.1) is 0 Å². The quantitative estimate of drug-likeness (QED) is 0.771. The van der Waals surface area contributed by atoms with Crippen LogP contribution in [0, 0.1) is 0 Å². The van der Waals surface area contributed by atoms with Crippen molar-refractivity contribution in [3.8, 4) is 5.75 Å². The molecule has 1 N–H and O–H groups in total. The van der Waals surface area contributed by atoms with Crippen LogP contribution in [-0.2, 0) is 6.54 Å². The van der Waals surface area contributed by atoms with E-state index >= 15 is 0 Å². The van der Waals surface area contributed by atoms with Crippen molar-refractivity contribution in [1.29, 1.82) is 0 Å². The number of methoxy groups -OCH3 is 1. The van der Waals surface area contributed by atoms with Crippen molar-refractivity contribution < 1.29 is 14.3 Å². The van der Waals surface area contributed by atoms with Gasteiger partial charge in [-0.05, 0) is 29.8 Å². The maximum Gasteiger partial charge on any atom is 0.253 e. The molecule has 0 atom stereocenters. The monoisotopic (exact) mass is 356 g/mol. The highest BCUT2D eigenvalue weighted by molar-refractivity contribution is 6.31. The summed E-state index contributed by atoms with van der Waals surface area (Å²) >= 11 is 6.01. The molecule has 25 heavy (non-hydrogen) atoms. The average molecular weight is 357 g/mol. The van der Waals surface area contributed by atoms with Gasteiger partial charge in [0.2, 0.25) is 5.91 Å². The summed E-state index contributed by atoms with van der Waals surface area (Å²) in [6, 6.07) is 12.6. The van der Waals surface area contributed by atoms with Gasteiger partial charge in [-0.2, -0.15) is 0 Å². The minimum Gasteiger partial charge on any atom is -0.497 e. The Kier molecular flexibility index (Phi) is 4.76. The number of hydrogen-bond donors (Lipinski definition) is 1. The fraction of sp³-hybridized carbons (Fsp3) is 0.158. The number of carbonyl (C=O) groups is 2. The molecule has 0 unspecified atom stereocenters. The molecule has 0 spiro atoms. The highest BCUT2D eigenvalue weighted by atomic mass is 35.5. The Morgan fingerprint density at radius 3 is 2.52 bits per heavy atom. The summed E-state index contributed by atoms with van der Waals surface area (Å²) < 4.78 is 6.55. The SMILES string of the molecule is COc1ccc(CNC(=O)c2cn(C(C)=O)c3cc(Cl)ccc23)cc1. The van der Waals surface area contributed by atoms with E-state index in [9.17, 15) is 9.59 Å². The Balaban J connectivity index is 1.85. The van der Waals surface area contributed by atoms with E-state index in [0.29, 0.717) is 28.0 Å². The molecule has 0 saturated heterocycles. The minimum absolute atomic E-state index is 0.179. The van der Waals surface area contributed by atoms with Gasteiger partial charge >= 0.3 is 0 Å². The van der Waals surface area contributed by atoms with E-state index in [1.165, 1.54) is 11.5 Å². The molecule has 0 aliphatic rings. The second-order valence-corrected chi connectivity index (χ2v) is 6.06. The highest BCUT2D eigenvalue weighted by Crippen LogP contribution is 2.25. The van der Waals surface area contributed by atoms with E-state index in [1.54, 1.807) is 31.5 Å². The number of rotatable bonds is 4. The number of halogens is 1. The van der Waals surface area contributed by atoms with Gasteiger partial charge in [-0.25, -0.2) is 0 Å². The molecule has 0 bridgehead atoms. The molecule has 0 radical (unpaired) electrons. The Hall–Kier alpha value is -2.79. The maximum absolute atomic E-state index is 12.6. The minimum atomic E-state index is -0.247. The zero-order chi connectivity index (χ0) is 18.0. The molecular weight excluding hydrogens is 340 g/mol. The molecule has 2 aromatic carbocycles. The molecular formula is C19H17ClN2O3. The predicted octanol–water partition coefficient (Wildman–Crippen LogP) is 3.89. The van der Waals surface area contributed by atoms with Gasteiger partial charge in [0, 0.05) is 30.1 Å². The van der Waals surface area contributed by atoms with E-state index in [2.05, 4.69) is 5.32 Å². The van der Waals surface area contributed by atoms with Crippen molar-refractivity contribution in [1.82, 2.24) is 9.88 Å². The number of fused-ring (bicyclic) bond motifs is 1. The molecule has 0 aliphatic heterocycles. The molecule has 0 aliphatic carbocycles. The second kappa shape index (κ2) is 6.99. The fourth-order valence-corrected chi connectivity index (χ4v) is 2.83. The van der Waals surface area contributed by atoms with Gasteiger partial charge < -0.3 is 10.1 Å². The fourth-order valence-electron chi connectivity index (χ4n) is 2.66. The summed E-state index contributed by atoms with van der Waals surface area (Å²) in [5.41, 5.74) is 2.01. The standard InChI is InChI=1S/C19H17ClN2O3/c1-12(23)22-11-17(16-8-5-14(20)9-18(16)22)19(24)21-10-13-3-6-15(25-2)7-4-13/h3-9,11H,10H2,1-2H3,(H,21,24). The van der Waals surface area contributed by atoms with Gasteiger partial charge in [0.05, 0.1) is 18.2 Å². The van der Waals surface area contributed by atoms with Crippen molar-refractivity contribution >= 4 is 34.3 Å². The first kappa shape index (κ1) is 17.0. The summed E-state index contributed by atoms with van der Waals surface area (Å²) in [5.74, 6) is 0.334. The zero-order valence-electron chi connectivity index (χ0n) is 13.9. The van der Waals surface area contributed by atoms with Gasteiger partial charge in [0.25, 0.3) is 5.91 Å². The average Bonchev–Trinajstić information content (AvgIpc) is 2.99. The topological polar surface area (TPSA) is 60.3 Å². The Morgan fingerprint density at radius 2 is 1.88 bits per heavy atom. The molecule has 3 aromatic rings. The van der Waals surface area contributed by atoms with Gasteiger partial charge in [-0.3, -0.25) is 14.2 Å². The van der Waals surface area contributed by atoms with Crippen LogP contribution in [-0.4, -0.2) is 23.5 Å². The number of carbonyl (C=O) groups excluding carboxylic acids is 2. The third-order valence-corrected chi connectivity index (χ3v) is 4.20. The second-order valence-electron chi connectivity index (χ2n) is 5.62. The Morgan fingerprint density at radius 1 is 1.16 bits per heavy atom. The van der Waals surface area contributed by atoms with Crippen LogP contribution < -0.4 is 10.1 Å². The Bertz CT molecular complexity index is 945. The number of benzene rings is 2. The van der Waals surface area contributed by atoms with E-state index in [0.717, 1.165) is 11.3 Å². The van der Waals surface area contributed by atoms with Crippen LogP contribution in [0.4, 0.5) is 0 Å². The molecule has 0 saturated carbocycles. The highest BCUT2D eigenvalue weighted by Gasteiger charge is 2.17. The molecule has 128 valence electrons. The summed E-state index contributed by atoms with van der Waals surface area (Å²) in [4.78, 5) is 24.4. The van der Waals surface area contributed by atoms with Crippen LogP contribution >= 0.6 is 11.6 Å². The largest absolute Gasteiger partial charge is 0.497 e. The van der Waals surface area contributed by atoms with Crippen LogP contribution in [0.15, 0.2) is 48.7 Å². The van der Waals surface area contributed by atoms with Gasteiger partial charge in [-0.1, -0.05) is 29.8 Å². The maximum atomic E-state index is 12.6. The number of nitrogens with zero attached hydrogens (tertiary/aromatic N) is 1. The van der Waals surface area contributed by atoms with Gasteiger partial charge in [0.15, 0.2) is 0 Å². The summed E-state index contributed by atoms with van der Waals surface area (Å²) in [6.45, 7) is 1.82. The summed E-state index contributed by atoms with van der Waals surface area (Å²) in [6.07, 6.45) is 1.55. The number of ether oxygens (including phenoxy) is 1. The lowest BCUT2D eigenvalue weighted by Crippen LogP contribution is -2.22. The van der Waals surface area contributed by atoms with Crippen molar-refractivity contribution in [3.63, 3.8) is 0 Å². The zero-order valence-corrected chi connectivity index (χ0v) is 14.6. The first-order chi connectivity index (χ1) is 12.0. The number of aromatic nitrogens is 1. The lowest BCUT2D eigenvalue weighted by atomic mass is 10.1. The smallest absolute Gasteiger partial charge is 0.253 e. The molecule has 1 amide bonds. The number of nitrogens with one attached hydrogen (secondary N) is 1. The van der Waals surface area contributed by atoms with Crippen LogP contribution in [0.3, 0.4) is 0 Å². The number of hydrogen-bond acceptors (Lipinski definition) is 3. The molecule has 3 rings (SSSR count). The summed E-state index contributed by atoms with van der Waals surface area (Å²) in [5, 5.41) is 4.07. The van der Waals surface area contributed by atoms with Gasteiger partial charge in [0.1, 0.15) is 5.75 Å². The summed E-state index contributed by atoms with van der Waals surface area (Å²) in [7, 11) is 1.60. The van der Waals surface area contributed by atoms with E-state index in [1.807, 2.05) is 24.3 Å². The molecule has 6 heteroatoms. The first-order valence-electron chi connectivity index (χ1n) is 7.72. The Labute approximate surface area is 150 Å². The van der Waals surface area contributed by atoms with Crippen LogP contribution in [0.2, 0.25) is 5.02 Å². The normalized spacial score (nSPS) is 10.7. The lowest BCUT2D eigenvalue weighted by molar-refractivity contribution is 0.0941. The van der Waals surface area contributed by atoms with Crippen LogP contribution in [0.25, 0.3) is 10.9 Å². The van der Waals surface area contributed by atoms with Crippen molar-refractivity contribution in [2.45, 2.75) is 13.5 Å². The first-order valence-corrected chi connectivity index (χ1v) is 8.10. The van der Waals surface area contributed by atoms with E-state index in [4.69, 9.17) is 16.3 Å². The molecule has 0 fully saturated rings. The van der Waals surface area contributed by atoms with Crippen molar-refractivity contribution in [2.24, 2.45) is 0 Å². The van der Waals surface area contributed by atoms with Crippen LogP contribution in [0.5, 0.6) is 5.75 Å². The predicted molar refractivity (Wildman–Crippen MR) is 97.4 cm³/mol. The molecule has 5 nitrogen and oxygen atoms in total. The van der Waals surface area contributed by atoms with E-state index in [-0.39, 0.29) is 11.8 Å². The van der Waals surface area contributed by atoms with Crippen molar-refractivity contribution in [2.75, 3.05) is 7.11 Å². The number of amides is 1. The van der Waals surface area contributed by atoms with E-state index < -0.39 is 0 Å². The van der Waals surface area contributed by atoms with Crippen molar-refractivity contribution in [3.05, 3.63) is 64.8 Å². The third-order valence-electron chi connectivity index (χ3n) is 3.96. The van der Waals surface area contributed by atoms with Crippen LogP contribution in [0.1, 0.15) is 27.6 Å². The third kappa shape index (κ3) is 3.51. The lowest BCUT2D eigenvalue weighted by Gasteiger charge is -2.06. The molecule has 1 aromatic heterocycles. The molecule has 1 heterocycles.